The van der Waals surface area contributed by atoms with Gasteiger partial charge in [-0.2, -0.15) is 0 Å². The third-order valence-electron chi connectivity index (χ3n) is 14.3. The molecule has 0 amide bonds. The first-order chi connectivity index (χ1) is 31.0. The molecule has 1 aliphatic rings. The molecule has 14 rings (SSSR count). The maximum atomic E-state index is 2.51. The molecule has 0 radical (unpaired) electrons. The van der Waals surface area contributed by atoms with Gasteiger partial charge >= 0.3 is 0 Å². The molecule has 0 N–H and O–H groups in total. The smallest absolute Gasteiger partial charge is 0.0449 e. The Labute approximate surface area is 372 Å². The average molecular weight is 835 g/mol. The Morgan fingerprint density at radius 1 is 0.317 bits per heavy atom. The number of benzene rings is 11. The molecule has 294 valence electrons. The van der Waals surface area contributed by atoms with Crippen LogP contribution in [0.5, 0.6) is 0 Å². The number of hydrogen-bond acceptors (Lipinski definition) is 2. The van der Waals surface area contributed by atoms with Crippen LogP contribution < -0.4 is 0 Å². The molecular weight excluding hydrogens is 797 g/mol. The van der Waals surface area contributed by atoms with Gasteiger partial charge in [-0.05, 0) is 123 Å². The second-order valence-electron chi connectivity index (χ2n) is 17.9. The Kier molecular flexibility index (Phi) is 7.31. The molecule has 0 saturated carbocycles. The summed E-state index contributed by atoms with van der Waals surface area (Å²) in [5.74, 6) is 0. The minimum absolute atomic E-state index is 0.161. The van der Waals surface area contributed by atoms with Crippen molar-refractivity contribution >= 4 is 106 Å². The molecule has 13 aromatic rings. The summed E-state index contributed by atoms with van der Waals surface area (Å²) >= 11 is 3.88. The van der Waals surface area contributed by atoms with Crippen molar-refractivity contribution in [1.82, 2.24) is 0 Å². The van der Waals surface area contributed by atoms with E-state index < -0.39 is 0 Å². The average Bonchev–Trinajstić information content (AvgIpc) is 3.98. The molecular formula is C61H38S2. The summed E-state index contributed by atoms with van der Waals surface area (Å²) in [6.07, 6.45) is 0. The fraction of sp³-hybridized carbons (Fsp3) is 0.0492. The molecule has 2 aromatic heterocycles. The third kappa shape index (κ3) is 4.91. The Morgan fingerprint density at radius 3 is 1.67 bits per heavy atom. The van der Waals surface area contributed by atoms with Gasteiger partial charge in [0.2, 0.25) is 0 Å². The molecule has 0 bridgehead atoms. The monoisotopic (exact) mass is 834 g/mol. The van der Waals surface area contributed by atoms with Crippen LogP contribution in [0.1, 0.15) is 25.0 Å². The minimum Gasteiger partial charge on any atom is -0.135 e. The van der Waals surface area contributed by atoms with E-state index in [4.69, 9.17) is 0 Å². The molecule has 2 heterocycles. The van der Waals surface area contributed by atoms with Crippen molar-refractivity contribution in [3.05, 3.63) is 205 Å². The first-order valence-corrected chi connectivity index (χ1v) is 23.5. The zero-order chi connectivity index (χ0) is 41.6. The van der Waals surface area contributed by atoms with E-state index in [1.165, 1.54) is 139 Å². The zero-order valence-electron chi connectivity index (χ0n) is 34.8. The van der Waals surface area contributed by atoms with Gasteiger partial charge in [0.05, 0.1) is 0 Å². The minimum atomic E-state index is -0.161. The van der Waals surface area contributed by atoms with Crippen LogP contribution in [0.3, 0.4) is 0 Å². The van der Waals surface area contributed by atoms with E-state index in [2.05, 4.69) is 208 Å². The number of rotatable bonds is 3. The van der Waals surface area contributed by atoms with Crippen LogP contribution in [0.15, 0.2) is 194 Å². The third-order valence-corrected chi connectivity index (χ3v) is 16.6. The summed E-state index contributed by atoms with van der Waals surface area (Å²) in [6, 6.07) is 73.2. The quantitative estimate of drug-likeness (QED) is 0.156. The van der Waals surface area contributed by atoms with E-state index in [1.54, 1.807) is 0 Å². The van der Waals surface area contributed by atoms with Gasteiger partial charge in [0.1, 0.15) is 0 Å². The molecule has 0 unspecified atom stereocenters. The second kappa shape index (κ2) is 13.0. The standard InChI is InChI=1S/C61H38S2/c1-61(2)51-30-26-37(41-22-12-24-48-49-29-32-54-58(60(49)63-59(41)48)57-40-17-6-4-14-36(40)27-31-53(57)62-54)33-50(51)42-28-25-38(34-52(42)61)55-44-18-7-9-20-46(44)56(47-21-10-8-19-45(47)55)43-23-11-15-35-13-3-5-16-39(35)43/h3-34H,1-2H3. The molecule has 0 saturated heterocycles. The highest BCUT2D eigenvalue weighted by Crippen LogP contribution is 2.54. The van der Waals surface area contributed by atoms with Gasteiger partial charge in [-0.1, -0.05) is 184 Å². The van der Waals surface area contributed by atoms with E-state index in [9.17, 15) is 0 Å². The van der Waals surface area contributed by atoms with Gasteiger partial charge in [0.15, 0.2) is 0 Å². The highest BCUT2D eigenvalue weighted by Gasteiger charge is 2.36. The predicted octanol–water partition coefficient (Wildman–Crippen LogP) is 18.3. The molecule has 2 heteroatoms. The first kappa shape index (κ1) is 35.5. The zero-order valence-corrected chi connectivity index (χ0v) is 36.4. The van der Waals surface area contributed by atoms with Crippen molar-refractivity contribution in [2.45, 2.75) is 19.3 Å². The highest BCUT2D eigenvalue weighted by molar-refractivity contribution is 7.30. The molecule has 0 fully saturated rings. The topological polar surface area (TPSA) is 0 Å². The largest absolute Gasteiger partial charge is 0.135 e. The lowest BCUT2D eigenvalue weighted by Gasteiger charge is -2.23. The van der Waals surface area contributed by atoms with E-state index in [0.717, 1.165) is 0 Å². The Hall–Kier alpha value is -7.10. The van der Waals surface area contributed by atoms with Gasteiger partial charge in [-0.25, -0.2) is 0 Å². The lowest BCUT2D eigenvalue weighted by atomic mass is 9.80. The summed E-state index contributed by atoms with van der Waals surface area (Å²) in [7, 11) is 0. The highest BCUT2D eigenvalue weighted by atomic mass is 32.1. The van der Waals surface area contributed by atoms with Gasteiger partial charge in [0.25, 0.3) is 0 Å². The number of fused-ring (bicyclic) bond motifs is 15. The molecule has 0 aliphatic heterocycles. The summed E-state index contributed by atoms with van der Waals surface area (Å²) in [5, 5.41) is 15.8. The van der Waals surface area contributed by atoms with Gasteiger partial charge in [-0.15, -0.1) is 22.7 Å². The fourth-order valence-electron chi connectivity index (χ4n) is 11.4. The van der Waals surface area contributed by atoms with Crippen LogP contribution in [0, 0.1) is 0 Å². The Bertz CT molecular complexity index is 4060. The van der Waals surface area contributed by atoms with Crippen molar-refractivity contribution in [3.8, 4) is 44.5 Å². The van der Waals surface area contributed by atoms with E-state index in [-0.39, 0.29) is 5.41 Å². The molecule has 0 spiro atoms. The van der Waals surface area contributed by atoms with Crippen molar-refractivity contribution in [2.75, 3.05) is 0 Å². The van der Waals surface area contributed by atoms with E-state index in [0.29, 0.717) is 0 Å². The van der Waals surface area contributed by atoms with Crippen LogP contribution in [0.25, 0.3) is 128 Å². The van der Waals surface area contributed by atoms with Crippen LogP contribution in [-0.2, 0) is 5.41 Å². The normalized spacial score (nSPS) is 13.4. The maximum absolute atomic E-state index is 2.51. The maximum Gasteiger partial charge on any atom is 0.0449 e. The fourth-order valence-corrected chi connectivity index (χ4v) is 13.9. The van der Waals surface area contributed by atoms with E-state index in [1.807, 2.05) is 22.7 Å². The van der Waals surface area contributed by atoms with Crippen LogP contribution >= 0.6 is 22.7 Å². The Morgan fingerprint density at radius 2 is 0.889 bits per heavy atom. The van der Waals surface area contributed by atoms with E-state index >= 15 is 0 Å². The molecule has 0 nitrogen and oxygen atoms in total. The summed E-state index contributed by atoms with van der Waals surface area (Å²) in [5.41, 5.74) is 13.0. The van der Waals surface area contributed by atoms with Crippen molar-refractivity contribution in [2.24, 2.45) is 0 Å². The lowest BCUT2D eigenvalue weighted by Crippen LogP contribution is -2.15. The Balaban J connectivity index is 0.942. The molecule has 0 atom stereocenters. The predicted molar refractivity (Wildman–Crippen MR) is 276 cm³/mol. The molecule has 11 aromatic carbocycles. The lowest BCUT2D eigenvalue weighted by molar-refractivity contribution is 0.660. The SMILES string of the molecule is CC1(C)c2ccc(-c3cccc4c3sc3c4ccc4sc5ccc6ccccc6c5c43)cc2-c2ccc(-c3c4ccccc4c(-c4cccc5ccccc45)c4ccccc34)cc21. The van der Waals surface area contributed by atoms with Crippen molar-refractivity contribution in [1.29, 1.82) is 0 Å². The summed E-state index contributed by atoms with van der Waals surface area (Å²) in [6.45, 7) is 4.82. The van der Waals surface area contributed by atoms with Crippen molar-refractivity contribution < 1.29 is 0 Å². The molecule has 63 heavy (non-hydrogen) atoms. The number of thiophene rings is 2. The summed E-state index contributed by atoms with van der Waals surface area (Å²) < 4.78 is 5.47. The summed E-state index contributed by atoms with van der Waals surface area (Å²) in [4.78, 5) is 0. The van der Waals surface area contributed by atoms with Gasteiger partial charge in [-0.3, -0.25) is 0 Å². The molecule has 1 aliphatic carbocycles. The van der Waals surface area contributed by atoms with Crippen LogP contribution in [0.2, 0.25) is 0 Å². The van der Waals surface area contributed by atoms with Gasteiger partial charge < -0.3 is 0 Å². The first-order valence-electron chi connectivity index (χ1n) is 21.9. The van der Waals surface area contributed by atoms with Crippen molar-refractivity contribution in [3.63, 3.8) is 0 Å². The van der Waals surface area contributed by atoms with Crippen LogP contribution in [-0.4, -0.2) is 0 Å². The second-order valence-corrected chi connectivity index (χ2v) is 20.0. The van der Waals surface area contributed by atoms with Crippen LogP contribution in [0.4, 0.5) is 0 Å². The number of hydrogen-bond donors (Lipinski definition) is 0. The van der Waals surface area contributed by atoms with Gasteiger partial charge in [0, 0.05) is 45.8 Å².